The van der Waals surface area contributed by atoms with Gasteiger partial charge in [-0.25, -0.2) is 9.79 Å². The van der Waals surface area contributed by atoms with Gasteiger partial charge in [0.15, 0.2) is 17.4 Å². The minimum absolute atomic E-state index is 0. The van der Waals surface area contributed by atoms with Crippen molar-refractivity contribution in [2.24, 2.45) is 4.99 Å². The third-order valence-electron chi connectivity index (χ3n) is 4.47. The molecule has 3 N–H and O–H groups in total. The molecule has 0 aliphatic carbocycles. The van der Waals surface area contributed by atoms with Crippen LogP contribution in [0.3, 0.4) is 0 Å². The first kappa shape index (κ1) is 26.4. The zero-order valence-electron chi connectivity index (χ0n) is 19.4. The average molecular weight is 565 g/mol. The Balaban J connectivity index is 0.00000385. The zero-order chi connectivity index (χ0) is 23.0. The Morgan fingerprint density at radius 3 is 2.52 bits per heavy atom. The molecule has 0 saturated heterocycles. The maximum atomic E-state index is 12.4. The maximum absolute atomic E-state index is 12.4. The van der Waals surface area contributed by atoms with Crippen molar-refractivity contribution in [1.82, 2.24) is 30.5 Å². The van der Waals surface area contributed by atoms with Gasteiger partial charge in [-0.05, 0) is 45.4 Å². The molecule has 1 amide bonds. The molecule has 2 aromatic heterocycles. The second kappa shape index (κ2) is 12.4. The van der Waals surface area contributed by atoms with Gasteiger partial charge in [0, 0.05) is 19.3 Å². The molecule has 10 heteroatoms. The number of aliphatic imine (C=N–C) groups is 1. The summed E-state index contributed by atoms with van der Waals surface area (Å²) in [4.78, 5) is 17.0. The van der Waals surface area contributed by atoms with Crippen molar-refractivity contribution in [3.05, 3.63) is 66.1 Å². The summed E-state index contributed by atoms with van der Waals surface area (Å²) in [6.07, 6.45) is 1.45. The largest absolute Gasteiger partial charge is 0.444 e. The number of ether oxygens (including phenoxy) is 1. The summed E-state index contributed by atoms with van der Waals surface area (Å²) < 4.78 is 7.35. The molecule has 1 unspecified atom stereocenters. The number of carbonyl (C=O) groups excluding carboxylic acids is 1. The summed E-state index contributed by atoms with van der Waals surface area (Å²) in [5.41, 5.74) is 1.17. The summed E-state index contributed by atoms with van der Waals surface area (Å²) in [6, 6.07) is 15.2. The van der Waals surface area contributed by atoms with E-state index < -0.39 is 11.7 Å². The highest BCUT2D eigenvalue weighted by Gasteiger charge is 2.21. The minimum atomic E-state index is -0.573. The van der Waals surface area contributed by atoms with Crippen molar-refractivity contribution in [1.29, 1.82) is 0 Å². The monoisotopic (exact) mass is 565 g/mol. The fraction of sp³-hybridized carbons (Fsp3) is 0.391. The van der Waals surface area contributed by atoms with Crippen LogP contribution in [0.2, 0.25) is 0 Å². The summed E-state index contributed by atoms with van der Waals surface area (Å²) in [6.45, 7) is 9.00. The molecule has 0 spiro atoms. The standard InChI is InChI=1S/C23H31N7O2.HI/c1-5-24-21(26-16-20-29-28-19-13-9-10-14-30(19)20)25-15-18(17-11-7-6-8-12-17)27-22(31)32-23(2,3)4;/h6-14,18H,5,15-16H2,1-4H3,(H,27,31)(H2,24,25,26);1H. The van der Waals surface area contributed by atoms with E-state index in [0.717, 1.165) is 17.0 Å². The Kier molecular flexibility index (Phi) is 9.89. The van der Waals surface area contributed by atoms with Gasteiger partial charge in [-0.3, -0.25) is 4.40 Å². The molecule has 0 radical (unpaired) electrons. The van der Waals surface area contributed by atoms with Gasteiger partial charge in [0.2, 0.25) is 0 Å². The number of nitrogens with zero attached hydrogens (tertiary/aromatic N) is 4. The second-order valence-electron chi connectivity index (χ2n) is 8.23. The molecule has 0 aliphatic heterocycles. The molecule has 3 aromatic rings. The fourth-order valence-electron chi connectivity index (χ4n) is 3.08. The molecule has 0 saturated carbocycles. The highest BCUT2D eigenvalue weighted by molar-refractivity contribution is 14.0. The molecule has 0 aliphatic rings. The molecular weight excluding hydrogens is 533 g/mol. The first-order chi connectivity index (χ1) is 15.4. The van der Waals surface area contributed by atoms with E-state index in [4.69, 9.17) is 4.74 Å². The quantitative estimate of drug-likeness (QED) is 0.230. The Morgan fingerprint density at radius 2 is 1.82 bits per heavy atom. The van der Waals surface area contributed by atoms with E-state index >= 15 is 0 Å². The van der Waals surface area contributed by atoms with Gasteiger partial charge in [0.1, 0.15) is 12.1 Å². The predicted octanol–water partition coefficient (Wildman–Crippen LogP) is 3.67. The average Bonchev–Trinajstić information content (AvgIpc) is 3.17. The number of alkyl carbamates (subject to hydrolysis) is 1. The molecule has 1 aromatic carbocycles. The number of benzene rings is 1. The van der Waals surface area contributed by atoms with Crippen LogP contribution in [0.5, 0.6) is 0 Å². The van der Waals surface area contributed by atoms with Crippen LogP contribution in [0.15, 0.2) is 59.7 Å². The van der Waals surface area contributed by atoms with Gasteiger partial charge < -0.3 is 20.7 Å². The number of rotatable bonds is 7. The number of pyridine rings is 1. The predicted molar refractivity (Wildman–Crippen MR) is 140 cm³/mol. The lowest BCUT2D eigenvalue weighted by Crippen LogP contribution is -2.44. The van der Waals surface area contributed by atoms with Gasteiger partial charge in [0.05, 0.1) is 6.04 Å². The van der Waals surface area contributed by atoms with Crippen LogP contribution >= 0.6 is 24.0 Å². The van der Waals surface area contributed by atoms with Gasteiger partial charge in [0.25, 0.3) is 0 Å². The number of hydrogen-bond acceptors (Lipinski definition) is 5. The smallest absolute Gasteiger partial charge is 0.408 e. The lowest BCUT2D eigenvalue weighted by Gasteiger charge is -2.24. The van der Waals surface area contributed by atoms with Crippen LogP contribution in [0, 0.1) is 0 Å². The van der Waals surface area contributed by atoms with Crippen LogP contribution < -0.4 is 16.0 Å². The molecule has 33 heavy (non-hydrogen) atoms. The van der Waals surface area contributed by atoms with Crippen molar-refractivity contribution in [3.8, 4) is 0 Å². The van der Waals surface area contributed by atoms with E-state index in [-0.39, 0.29) is 30.0 Å². The van der Waals surface area contributed by atoms with Crippen molar-refractivity contribution in [2.45, 2.75) is 45.9 Å². The maximum Gasteiger partial charge on any atom is 0.408 e. The van der Waals surface area contributed by atoms with Crippen molar-refractivity contribution >= 4 is 41.7 Å². The normalized spacial score (nSPS) is 12.5. The van der Waals surface area contributed by atoms with E-state index in [2.05, 4.69) is 31.1 Å². The number of amides is 1. The van der Waals surface area contributed by atoms with E-state index in [1.165, 1.54) is 0 Å². The topological polar surface area (TPSA) is 105 Å². The molecule has 1 atom stereocenters. The van der Waals surface area contributed by atoms with Crippen LogP contribution in [0.4, 0.5) is 4.79 Å². The van der Waals surface area contributed by atoms with Crippen LogP contribution in [0.1, 0.15) is 45.1 Å². The number of halogens is 1. The Labute approximate surface area is 211 Å². The first-order valence-corrected chi connectivity index (χ1v) is 10.7. The third kappa shape index (κ3) is 8.19. The lowest BCUT2D eigenvalue weighted by atomic mass is 10.1. The van der Waals surface area contributed by atoms with Gasteiger partial charge in [-0.2, -0.15) is 0 Å². The van der Waals surface area contributed by atoms with Crippen LogP contribution in [-0.4, -0.2) is 45.3 Å². The Morgan fingerprint density at radius 1 is 1.09 bits per heavy atom. The first-order valence-electron chi connectivity index (χ1n) is 10.7. The zero-order valence-corrected chi connectivity index (χ0v) is 21.7. The van der Waals surface area contributed by atoms with Gasteiger partial charge in [-0.1, -0.05) is 36.4 Å². The van der Waals surface area contributed by atoms with Crippen molar-refractivity contribution in [2.75, 3.05) is 13.1 Å². The molecule has 0 fully saturated rings. The molecule has 9 nitrogen and oxygen atoms in total. The number of fused-ring (bicyclic) bond motifs is 1. The lowest BCUT2D eigenvalue weighted by molar-refractivity contribution is 0.0504. The molecule has 3 rings (SSSR count). The summed E-state index contributed by atoms with van der Waals surface area (Å²) in [7, 11) is 0. The number of hydrogen-bond donors (Lipinski definition) is 3. The highest BCUT2D eigenvalue weighted by atomic mass is 127. The van der Waals surface area contributed by atoms with E-state index in [1.807, 2.05) is 86.8 Å². The van der Waals surface area contributed by atoms with Crippen molar-refractivity contribution < 1.29 is 9.53 Å². The Bertz CT molecular complexity index is 1050. The Hall–Kier alpha value is -2.89. The molecule has 178 valence electrons. The summed E-state index contributed by atoms with van der Waals surface area (Å²) >= 11 is 0. The van der Waals surface area contributed by atoms with E-state index in [9.17, 15) is 4.79 Å². The second-order valence-corrected chi connectivity index (χ2v) is 8.23. The van der Waals surface area contributed by atoms with Gasteiger partial charge >= 0.3 is 6.09 Å². The van der Waals surface area contributed by atoms with Crippen LogP contribution in [-0.2, 0) is 11.3 Å². The van der Waals surface area contributed by atoms with Gasteiger partial charge in [-0.15, -0.1) is 34.2 Å². The number of guanidine groups is 1. The molecule has 2 heterocycles. The fourth-order valence-corrected chi connectivity index (χ4v) is 3.08. The number of aromatic nitrogens is 3. The number of carbonyl (C=O) groups is 1. The third-order valence-corrected chi connectivity index (χ3v) is 4.47. The molecular formula is C23H32IN7O2. The number of nitrogens with one attached hydrogen (secondary N) is 3. The SMILES string of the molecule is CCNC(=NCc1nnc2ccccn12)NCC(NC(=O)OC(C)(C)C)c1ccccc1.I. The van der Waals surface area contributed by atoms with E-state index in [1.54, 1.807) is 0 Å². The summed E-state index contributed by atoms with van der Waals surface area (Å²) in [5.74, 6) is 1.36. The highest BCUT2D eigenvalue weighted by Crippen LogP contribution is 2.14. The van der Waals surface area contributed by atoms with E-state index in [0.29, 0.717) is 25.6 Å². The summed E-state index contributed by atoms with van der Waals surface area (Å²) in [5, 5.41) is 17.9. The minimum Gasteiger partial charge on any atom is -0.444 e. The molecule has 0 bridgehead atoms. The van der Waals surface area contributed by atoms with Crippen LogP contribution in [0.25, 0.3) is 5.65 Å². The van der Waals surface area contributed by atoms with Crippen molar-refractivity contribution in [3.63, 3.8) is 0 Å².